The van der Waals surface area contributed by atoms with Gasteiger partial charge in [0.2, 0.25) is 0 Å². The fourth-order valence-electron chi connectivity index (χ4n) is 7.48. The maximum Gasteiger partial charge on any atom is 0.306 e. The summed E-state index contributed by atoms with van der Waals surface area (Å²) in [7, 11) is 5.41. The van der Waals surface area contributed by atoms with Crippen LogP contribution in [0.25, 0.3) is 0 Å². The van der Waals surface area contributed by atoms with Gasteiger partial charge in [-0.3, -0.25) is 9.59 Å². The second-order valence-electron chi connectivity index (χ2n) is 18.1. The van der Waals surface area contributed by atoms with Crippen molar-refractivity contribution in [3.8, 4) is 0 Å². The zero-order valence-corrected chi connectivity index (χ0v) is 39.4. The number of esters is 2. The molecule has 0 aromatic rings. The van der Waals surface area contributed by atoms with E-state index in [1.165, 1.54) is 148 Å². The zero-order chi connectivity index (χ0) is 43.5. The minimum atomic E-state index is -1.13. The first-order chi connectivity index (χ1) is 28.6. The number of carbonyl (C=O) groups excluding carboxylic acids is 3. The number of allylic oxidation sites excluding steroid dienone is 4. The maximum atomic E-state index is 12.8. The Hall–Kier alpha value is -2.19. The van der Waals surface area contributed by atoms with Gasteiger partial charge in [0, 0.05) is 19.3 Å². The topological polar surface area (TPSA) is 102 Å². The molecule has 0 spiro atoms. The Kier molecular flexibility index (Phi) is 40.9. The van der Waals surface area contributed by atoms with Crippen LogP contribution in [0.2, 0.25) is 0 Å². The molecule has 0 bridgehead atoms. The predicted molar refractivity (Wildman–Crippen MR) is 245 cm³/mol. The molecule has 0 aliphatic heterocycles. The minimum Gasteiger partial charge on any atom is -0.544 e. The highest BCUT2D eigenvalue weighted by Gasteiger charge is 2.25. The van der Waals surface area contributed by atoms with E-state index in [1.54, 1.807) is 21.1 Å². The lowest BCUT2D eigenvalue weighted by molar-refractivity contribution is -0.889. The second-order valence-corrected chi connectivity index (χ2v) is 18.1. The van der Waals surface area contributed by atoms with Crippen LogP contribution in [-0.4, -0.2) is 75.5 Å². The van der Waals surface area contributed by atoms with E-state index < -0.39 is 18.1 Å². The molecule has 0 fully saturated rings. The second kappa shape index (κ2) is 42.5. The highest BCUT2D eigenvalue weighted by Crippen LogP contribution is 2.16. The highest BCUT2D eigenvalue weighted by atomic mass is 16.6. The molecule has 0 aromatic heterocycles. The number of hydrogen-bond acceptors (Lipinski definition) is 7. The summed E-state index contributed by atoms with van der Waals surface area (Å²) in [6.45, 7) is 4.66. The van der Waals surface area contributed by atoms with Crippen molar-refractivity contribution in [1.82, 2.24) is 0 Å². The Bertz CT molecular complexity index is 1020. The molecule has 0 heterocycles. The van der Waals surface area contributed by atoms with Crippen LogP contribution in [0, 0.1) is 0 Å². The molecular formula is C51H95NO7. The molecule has 0 rings (SSSR count). The van der Waals surface area contributed by atoms with E-state index >= 15 is 0 Å². The van der Waals surface area contributed by atoms with Crippen LogP contribution in [0.4, 0.5) is 0 Å². The van der Waals surface area contributed by atoms with Gasteiger partial charge < -0.3 is 28.6 Å². The van der Waals surface area contributed by atoms with Crippen LogP contribution in [0.5, 0.6) is 0 Å². The number of quaternary nitrogens is 1. The number of unbranched alkanes of at least 4 members (excludes halogenated alkanes) is 28. The molecule has 2 atom stereocenters. The van der Waals surface area contributed by atoms with Crippen molar-refractivity contribution in [3.63, 3.8) is 0 Å². The number of hydrogen-bond donors (Lipinski definition) is 0. The monoisotopic (exact) mass is 834 g/mol. The molecule has 2 unspecified atom stereocenters. The van der Waals surface area contributed by atoms with Gasteiger partial charge in [0.1, 0.15) is 12.6 Å². The van der Waals surface area contributed by atoms with Crippen LogP contribution in [0.3, 0.4) is 0 Å². The van der Waals surface area contributed by atoms with Gasteiger partial charge in [-0.2, -0.15) is 0 Å². The summed E-state index contributed by atoms with van der Waals surface area (Å²) in [6.07, 6.45) is 47.8. The molecule has 0 aliphatic rings. The Morgan fingerprint density at radius 2 is 0.881 bits per heavy atom. The van der Waals surface area contributed by atoms with E-state index in [2.05, 4.69) is 38.2 Å². The molecule has 0 radical (unpaired) electrons. The van der Waals surface area contributed by atoms with Crippen molar-refractivity contribution in [2.24, 2.45) is 0 Å². The maximum absolute atomic E-state index is 12.8. The lowest BCUT2D eigenvalue weighted by Gasteiger charge is -2.34. The predicted octanol–water partition coefficient (Wildman–Crippen LogP) is 12.7. The van der Waals surface area contributed by atoms with Crippen LogP contribution in [0.15, 0.2) is 24.3 Å². The van der Waals surface area contributed by atoms with Crippen molar-refractivity contribution in [3.05, 3.63) is 24.3 Å². The third-order valence-corrected chi connectivity index (χ3v) is 11.4. The average molecular weight is 834 g/mol. The molecule has 8 nitrogen and oxygen atoms in total. The number of nitrogens with zero attached hydrogens (tertiary/aromatic N) is 1. The first-order valence-electron chi connectivity index (χ1n) is 24.9. The Morgan fingerprint density at radius 1 is 0.508 bits per heavy atom. The third kappa shape index (κ3) is 41.0. The molecule has 0 amide bonds. The molecule has 0 saturated heterocycles. The van der Waals surface area contributed by atoms with Gasteiger partial charge in [0.15, 0.2) is 6.10 Å². The van der Waals surface area contributed by atoms with Crippen LogP contribution >= 0.6 is 0 Å². The molecule has 8 heteroatoms. The van der Waals surface area contributed by atoms with Crippen LogP contribution in [0.1, 0.15) is 232 Å². The number of carboxylic acids is 1. The lowest BCUT2D eigenvalue weighted by atomic mass is 10.0. The summed E-state index contributed by atoms with van der Waals surface area (Å²) < 4.78 is 17.2. The quantitative estimate of drug-likeness (QED) is 0.0260. The number of carboxylic acid groups (broad SMARTS) is 1. The van der Waals surface area contributed by atoms with Crippen molar-refractivity contribution >= 4 is 17.9 Å². The molecular weight excluding hydrogens is 739 g/mol. The molecule has 0 aliphatic carbocycles. The third-order valence-electron chi connectivity index (χ3n) is 11.4. The fourth-order valence-corrected chi connectivity index (χ4v) is 7.48. The molecule has 0 saturated carbocycles. The summed E-state index contributed by atoms with van der Waals surface area (Å²) in [6, 6.07) is -0.727. The lowest BCUT2D eigenvalue weighted by Crippen LogP contribution is -2.55. The number of carbonyl (C=O) groups is 3. The highest BCUT2D eigenvalue weighted by molar-refractivity contribution is 5.70. The van der Waals surface area contributed by atoms with Gasteiger partial charge in [-0.05, 0) is 38.5 Å². The van der Waals surface area contributed by atoms with E-state index in [0.29, 0.717) is 12.8 Å². The van der Waals surface area contributed by atoms with Crippen molar-refractivity contribution in [1.29, 1.82) is 0 Å². The molecule has 0 aromatic carbocycles. The van der Waals surface area contributed by atoms with Gasteiger partial charge >= 0.3 is 11.9 Å². The SMILES string of the molecule is CCCCCCCCC/C=C/C=C/CCCCCC(=O)OCC(COCCC(C(=O)[O-])[N+](C)(C)C)OC(=O)CCCCCCCCCCCCCCCCCCCCC. The van der Waals surface area contributed by atoms with Crippen molar-refractivity contribution in [2.75, 3.05) is 41.0 Å². The van der Waals surface area contributed by atoms with Gasteiger partial charge in [0.25, 0.3) is 0 Å². The normalized spacial score (nSPS) is 13.0. The Labute approximate surface area is 364 Å². The van der Waals surface area contributed by atoms with Crippen LogP contribution < -0.4 is 5.11 Å². The zero-order valence-electron chi connectivity index (χ0n) is 39.4. The minimum absolute atomic E-state index is 0.0367. The van der Waals surface area contributed by atoms with Crippen molar-refractivity contribution in [2.45, 2.75) is 244 Å². The van der Waals surface area contributed by atoms with Gasteiger partial charge in [-0.15, -0.1) is 0 Å². The largest absolute Gasteiger partial charge is 0.544 e. The fraction of sp³-hybridized carbons (Fsp3) is 0.863. The number of ether oxygens (including phenoxy) is 3. The van der Waals surface area contributed by atoms with E-state index in [1.807, 2.05) is 0 Å². The summed E-state index contributed by atoms with van der Waals surface area (Å²) in [4.78, 5) is 37.0. The smallest absolute Gasteiger partial charge is 0.306 e. The van der Waals surface area contributed by atoms with Gasteiger partial charge in [-0.1, -0.05) is 199 Å². The molecule has 59 heavy (non-hydrogen) atoms. The standard InChI is InChI=1S/C51H95NO7/c1-6-8-10-12-14-16-18-20-22-24-25-26-28-30-32-34-36-38-40-42-50(54)59-47(45-57-44-43-48(51(55)56)52(3,4)5)46-58-49(53)41-39-37-35-33-31-29-27-23-21-19-17-15-13-11-9-7-2/h23,27,29,31,47-48H,6-22,24-26,28,30,32-46H2,1-5H3/b27-23+,31-29+. The van der Waals surface area contributed by atoms with Gasteiger partial charge in [0.05, 0.1) is 40.3 Å². The van der Waals surface area contributed by atoms with E-state index in [9.17, 15) is 19.5 Å². The van der Waals surface area contributed by atoms with Gasteiger partial charge in [-0.25, -0.2) is 0 Å². The molecule has 346 valence electrons. The summed E-state index contributed by atoms with van der Waals surface area (Å²) in [5.74, 6) is -1.75. The number of likely N-dealkylation sites (N-methyl/N-ethyl adjacent to an activating group) is 1. The van der Waals surface area contributed by atoms with Crippen molar-refractivity contribution < 1.29 is 38.2 Å². The van der Waals surface area contributed by atoms with Crippen LogP contribution in [-0.2, 0) is 28.6 Å². The first-order valence-corrected chi connectivity index (χ1v) is 24.9. The summed E-state index contributed by atoms with van der Waals surface area (Å²) >= 11 is 0. The number of rotatable bonds is 45. The molecule has 0 N–H and O–H groups in total. The Morgan fingerprint density at radius 3 is 1.29 bits per heavy atom. The summed E-state index contributed by atoms with van der Waals surface area (Å²) in [5.41, 5.74) is 0. The first kappa shape index (κ1) is 56.8. The van der Waals surface area contributed by atoms with E-state index in [-0.39, 0.29) is 42.7 Å². The Balaban J connectivity index is 4.28. The number of aliphatic carboxylic acids is 1. The summed E-state index contributed by atoms with van der Waals surface area (Å²) in [5, 5.41) is 11.6. The van der Waals surface area contributed by atoms with E-state index in [0.717, 1.165) is 51.4 Å². The average Bonchev–Trinajstić information content (AvgIpc) is 3.19. The van der Waals surface area contributed by atoms with E-state index in [4.69, 9.17) is 14.2 Å².